The minimum atomic E-state index is -0.292. The summed E-state index contributed by atoms with van der Waals surface area (Å²) < 4.78 is 19.2. The maximum absolute atomic E-state index is 13.6. The average molecular weight is 392 g/mol. The summed E-state index contributed by atoms with van der Waals surface area (Å²) in [5, 5.41) is 6.52. The fourth-order valence-electron chi connectivity index (χ4n) is 2.45. The second-order valence-electron chi connectivity index (χ2n) is 6.37. The highest BCUT2D eigenvalue weighted by atomic mass is 19.1. The Kier molecular flexibility index (Phi) is 6.95. The van der Waals surface area contributed by atoms with Crippen molar-refractivity contribution in [1.29, 1.82) is 0 Å². The van der Waals surface area contributed by atoms with E-state index < -0.39 is 0 Å². The second-order valence-corrected chi connectivity index (χ2v) is 6.37. The lowest BCUT2D eigenvalue weighted by Crippen LogP contribution is -2.16. The van der Waals surface area contributed by atoms with Gasteiger partial charge in [-0.2, -0.15) is 0 Å². The van der Waals surface area contributed by atoms with E-state index in [2.05, 4.69) is 10.5 Å². The summed E-state index contributed by atoms with van der Waals surface area (Å²) in [6.07, 6.45) is 1.50. The highest BCUT2D eigenvalue weighted by Gasteiger charge is 2.03. The SMILES string of the molecule is Cc1ccc(NC(=O)CO/N=C/c2ccc(OCc3ccccc3F)cc2)cc1. The molecule has 3 aromatic carbocycles. The van der Waals surface area contributed by atoms with Crippen molar-refractivity contribution in [2.75, 3.05) is 11.9 Å². The number of nitrogens with zero attached hydrogens (tertiary/aromatic N) is 1. The van der Waals surface area contributed by atoms with Crippen LogP contribution in [0.1, 0.15) is 16.7 Å². The lowest BCUT2D eigenvalue weighted by Gasteiger charge is -2.07. The fourth-order valence-corrected chi connectivity index (χ4v) is 2.45. The van der Waals surface area contributed by atoms with Gasteiger partial charge in [-0.25, -0.2) is 4.39 Å². The molecule has 0 bridgehead atoms. The Morgan fingerprint density at radius 2 is 1.76 bits per heavy atom. The predicted octanol–water partition coefficient (Wildman–Crippen LogP) is 4.70. The molecule has 0 aromatic heterocycles. The Bertz CT molecular complexity index is 970. The molecule has 0 aliphatic carbocycles. The monoisotopic (exact) mass is 392 g/mol. The summed E-state index contributed by atoms with van der Waals surface area (Å²) in [7, 11) is 0. The van der Waals surface area contributed by atoms with E-state index in [1.54, 1.807) is 42.5 Å². The normalized spacial score (nSPS) is 10.7. The third-order valence-electron chi connectivity index (χ3n) is 4.04. The van der Waals surface area contributed by atoms with Crippen LogP contribution in [0.25, 0.3) is 0 Å². The van der Waals surface area contributed by atoms with E-state index >= 15 is 0 Å². The molecule has 3 aromatic rings. The molecule has 5 nitrogen and oxygen atoms in total. The number of ether oxygens (including phenoxy) is 1. The van der Waals surface area contributed by atoms with Crippen molar-refractivity contribution < 1.29 is 18.8 Å². The van der Waals surface area contributed by atoms with Crippen LogP contribution in [0.5, 0.6) is 5.75 Å². The standard InChI is InChI=1S/C23H21FN2O3/c1-17-6-10-20(11-7-17)26-23(27)16-29-25-14-18-8-12-21(13-9-18)28-15-19-4-2-3-5-22(19)24/h2-14H,15-16H2,1H3,(H,26,27)/b25-14+. The molecule has 0 aliphatic heterocycles. The van der Waals surface area contributed by atoms with E-state index in [9.17, 15) is 9.18 Å². The molecule has 1 amide bonds. The maximum Gasteiger partial charge on any atom is 0.265 e. The summed E-state index contributed by atoms with van der Waals surface area (Å²) >= 11 is 0. The van der Waals surface area contributed by atoms with Gasteiger partial charge in [0.25, 0.3) is 5.91 Å². The molecule has 0 radical (unpaired) electrons. The van der Waals surface area contributed by atoms with Gasteiger partial charge in [0.2, 0.25) is 0 Å². The Labute approximate surface area is 168 Å². The number of amides is 1. The first kappa shape index (κ1) is 20.1. The molecule has 0 unspecified atom stereocenters. The third-order valence-corrected chi connectivity index (χ3v) is 4.04. The lowest BCUT2D eigenvalue weighted by molar-refractivity contribution is -0.120. The van der Waals surface area contributed by atoms with Crippen LogP contribution in [0, 0.1) is 12.7 Å². The van der Waals surface area contributed by atoms with Crippen molar-refractivity contribution in [2.24, 2.45) is 5.16 Å². The van der Waals surface area contributed by atoms with Crippen LogP contribution < -0.4 is 10.1 Å². The molecule has 1 N–H and O–H groups in total. The first-order valence-corrected chi connectivity index (χ1v) is 9.08. The van der Waals surface area contributed by atoms with Gasteiger partial charge in [0.1, 0.15) is 18.2 Å². The molecule has 6 heteroatoms. The zero-order valence-electron chi connectivity index (χ0n) is 16.0. The number of oxime groups is 1. The highest BCUT2D eigenvalue weighted by molar-refractivity contribution is 5.91. The second kappa shape index (κ2) is 10.0. The molecule has 0 aliphatic rings. The van der Waals surface area contributed by atoms with Gasteiger partial charge in [0, 0.05) is 11.3 Å². The van der Waals surface area contributed by atoms with Gasteiger partial charge in [0.15, 0.2) is 6.61 Å². The quantitative estimate of drug-likeness (QED) is 0.446. The number of hydrogen-bond donors (Lipinski definition) is 1. The van der Waals surface area contributed by atoms with Crippen molar-refractivity contribution in [1.82, 2.24) is 0 Å². The summed E-state index contributed by atoms with van der Waals surface area (Å²) in [5.41, 5.74) is 3.10. The Morgan fingerprint density at radius 3 is 2.48 bits per heavy atom. The molecule has 0 heterocycles. The van der Waals surface area contributed by atoms with Crippen LogP contribution in [-0.2, 0) is 16.2 Å². The largest absolute Gasteiger partial charge is 0.489 e. The molecule has 0 fully saturated rings. The van der Waals surface area contributed by atoms with E-state index in [1.165, 1.54) is 12.3 Å². The first-order chi connectivity index (χ1) is 14.1. The first-order valence-electron chi connectivity index (χ1n) is 9.08. The number of rotatable bonds is 8. The molecule has 0 saturated carbocycles. The van der Waals surface area contributed by atoms with Gasteiger partial charge in [0.05, 0.1) is 6.21 Å². The van der Waals surface area contributed by atoms with Crippen LogP contribution in [-0.4, -0.2) is 18.7 Å². The van der Waals surface area contributed by atoms with Crippen molar-refractivity contribution in [3.8, 4) is 5.75 Å². The van der Waals surface area contributed by atoms with E-state index in [0.29, 0.717) is 17.0 Å². The van der Waals surface area contributed by atoms with Crippen LogP contribution in [0.3, 0.4) is 0 Å². The van der Waals surface area contributed by atoms with Crippen molar-refractivity contribution in [2.45, 2.75) is 13.5 Å². The van der Waals surface area contributed by atoms with Gasteiger partial charge in [-0.05, 0) is 55.0 Å². The average Bonchev–Trinajstić information content (AvgIpc) is 2.73. The molecule has 0 saturated heterocycles. The van der Waals surface area contributed by atoms with Crippen LogP contribution in [0.2, 0.25) is 0 Å². The molecular formula is C23H21FN2O3. The number of aryl methyl sites for hydroxylation is 1. The zero-order chi connectivity index (χ0) is 20.5. The Morgan fingerprint density at radius 1 is 1.03 bits per heavy atom. The predicted molar refractivity (Wildman–Crippen MR) is 111 cm³/mol. The lowest BCUT2D eigenvalue weighted by atomic mass is 10.2. The summed E-state index contributed by atoms with van der Waals surface area (Å²) in [6, 6.07) is 21.1. The summed E-state index contributed by atoms with van der Waals surface area (Å²) in [5.74, 6) is 0.0338. The van der Waals surface area contributed by atoms with Gasteiger partial charge >= 0.3 is 0 Å². The number of benzene rings is 3. The van der Waals surface area contributed by atoms with Crippen molar-refractivity contribution in [3.63, 3.8) is 0 Å². The number of carbonyl (C=O) groups excluding carboxylic acids is 1. The number of hydrogen-bond acceptors (Lipinski definition) is 4. The van der Waals surface area contributed by atoms with Gasteiger partial charge in [-0.3, -0.25) is 4.79 Å². The minimum Gasteiger partial charge on any atom is -0.489 e. The highest BCUT2D eigenvalue weighted by Crippen LogP contribution is 2.15. The topological polar surface area (TPSA) is 59.9 Å². The molecule has 0 spiro atoms. The van der Waals surface area contributed by atoms with E-state index in [1.807, 2.05) is 31.2 Å². The maximum atomic E-state index is 13.6. The molecule has 29 heavy (non-hydrogen) atoms. The number of carbonyl (C=O) groups is 1. The molecule has 0 atom stereocenters. The van der Waals surface area contributed by atoms with E-state index in [-0.39, 0.29) is 24.9 Å². The van der Waals surface area contributed by atoms with Crippen LogP contribution >= 0.6 is 0 Å². The Hall–Kier alpha value is -3.67. The summed E-state index contributed by atoms with van der Waals surface area (Å²) in [6.45, 7) is 1.94. The number of anilines is 1. The Balaban J connectivity index is 1.42. The molecular weight excluding hydrogens is 371 g/mol. The van der Waals surface area contributed by atoms with Gasteiger partial charge in [-0.15, -0.1) is 0 Å². The van der Waals surface area contributed by atoms with E-state index in [0.717, 1.165) is 11.1 Å². The van der Waals surface area contributed by atoms with Crippen LogP contribution in [0.15, 0.2) is 78.0 Å². The molecule has 148 valence electrons. The third kappa shape index (κ3) is 6.46. The number of halogens is 1. The summed E-state index contributed by atoms with van der Waals surface area (Å²) in [4.78, 5) is 16.8. The van der Waals surface area contributed by atoms with E-state index in [4.69, 9.17) is 9.57 Å². The van der Waals surface area contributed by atoms with Gasteiger partial charge < -0.3 is 14.9 Å². The fraction of sp³-hybridized carbons (Fsp3) is 0.130. The smallest absolute Gasteiger partial charge is 0.265 e. The number of nitrogens with one attached hydrogen (secondary N) is 1. The van der Waals surface area contributed by atoms with Gasteiger partial charge in [-0.1, -0.05) is 41.1 Å². The van der Waals surface area contributed by atoms with Crippen LogP contribution in [0.4, 0.5) is 10.1 Å². The minimum absolute atomic E-state index is 0.152. The zero-order valence-corrected chi connectivity index (χ0v) is 16.0. The van der Waals surface area contributed by atoms with Crippen molar-refractivity contribution in [3.05, 3.63) is 95.3 Å². The molecule has 3 rings (SSSR count). The van der Waals surface area contributed by atoms with Crippen molar-refractivity contribution >= 4 is 17.8 Å².